The second-order valence-corrected chi connectivity index (χ2v) is 4.36. The molecule has 4 N–H and O–H groups in total. The third-order valence-corrected chi connectivity index (χ3v) is 3.50. The molecule has 0 aromatic heterocycles. The first-order valence-corrected chi connectivity index (χ1v) is 4.45. The van der Waals surface area contributed by atoms with Gasteiger partial charge in [-0.3, -0.25) is 4.79 Å². The molecule has 5 heteroatoms. The first kappa shape index (κ1) is 11.6. The Hall–Kier alpha value is -0.490. The summed E-state index contributed by atoms with van der Waals surface area (Å²) in [7, 11) is 0. The molecule has 3 atom stereocenters. The van der Waals surface area contributed by atoms with Crippen molar-refractivity contribution < 1.29 is 25.2 Å². The molecule has 1 aliphatic rings. The van der Waals surface area contributed by atoms with Crippen LogP contribution in [0.25, 0.3) is 0 Å². The van der Waals surface area contributed by atoms with Crippen LogP contribution in [-0.4, -0.2) is 50.1 Å². The minimum Gasteiger partial charge on any atom is -0.390 e. The summed E-state index contributed by atoms with van der Waals surface area (Å²) in [5, 5.41) is 37.8. The van der Waals surface area contributed by atoms with Gasteiger partial charge in [0.05, 0.1) is 6.10 Å². The van der Waals surface area contributed by atoms with Crippen LogP contribution in [0.15, 0.2) is 0 Å². The summed E-state index contributed by atoms with van der Waals surface area (Å²) >= 11 is 0. The Morgan fingerprint density at radius 3 is 2.00 bits per heavy atom. The lowest BCUT2D eigenvalue weighted by Gasteiger charge is -2.17. The Kier molecular flexibility index (Phi) is 2.28. The molecule has 0 aromatic carbocycles. The number of hydrogen-bond acceptors (Lipinski definition) is 5. The summed E-state index contributed by atoms with van der Waals surface area (Å²) in [4.78, 5) is 11.3. The van der Waals surface area contributed by atoms with Gasteiger partial charge in [0.15, 0.2) is 11.4 Å². The molecule has 0 unspecified atom stereocenters. The normalized spacial score (nSPS) is 41.9. The lowest BCUT2D eigenvalue weighted by molar-refractivity contribution is -0.141. The molecule has 14 heavy (non-hydrogen) atoms. The molecule has 82 valence electrons. The van der Waals surface area contributed by atoms with Gasteiger partial charge >= 0.3 is 0 Å². The fourth-order valence-electron chi connectivity index (χ4n) is 2.36. The molecule has 1 saturated carbocycles. The number of Topliss-reactive ketones (excluding diaryl/α,β-unsaturated/α-hetero) is 1. The second kappa shape index (κ2) is 2.76. The van der Waals surface area contributed by atoms with Gasteiger partial charge in [0.25, 0.3) is 0 Å². The van der Waals surface area contributed by atoms with Gasteiger partial charge in [-0.05, 0) is 6.92 Å². The maximum Gasteiger partial charge on any atom is 0.193 e. The summed E-state index contributed by atoms with van der Waals surface area (Å²) < 4.78 is 0. The monoisotopic (exact) mass is 204 g/mol. The van der Waals surface area contributed by atoms with Crippen LogP contribution in [0.2, 0.25) is 0 Å². The predicted octanol–water partition coefficient (Wildman–Crippen LogP) is -1.57. The van der Waals surface area contributed by atoms with Crippen molar-refractivity contribution in [2.45, 2.75) is 38.1 Å². The van der Waals surface area contributed by atoms with Crippen LogP contribution in [0.1, 0.15) is 20.8 Å². The summed E-state index contributed by atoms with van der Waals surface area (Å²) in [5.74, 6) is -0.870. The summed E-state index contributed by atoms with van der Waals surface area (Å²) in [6, 6.07) is 0. The highest BCUT2D eigenvalue weighted by Gasteiger charge is 2.87. The third kappa shape index (κ3) is 0.857. The van der Waals surface area contributed by atoms with Gasteiger partial charge in [-0.25, -0.2) is 0 Å². The van der Waals surface area contributed by atoms with E-state index in [-0.39, 0.29) is 0 Å². The highest BCUT2D eigenvalue weighted by Crippen LogP contribution is 2.66. The zero-order chi connectivity index (χ0) is 11.4. The number of ketones is 1. The Morgan fingerprint density at radius 2 is 1.79 bits per heavy atom. The fraction of sp³-hybridized carbons (Fsp3) is 0.889. The van der Waals surface area contributed by atoms with Crippen molar-refractivity contribution in [2.75, 3.05) is 6.61 Å². The Labute approximate surface area is 82.0 Å². The van der Waals surface area contributed by atoms with Gasteiger partial charge in [-0.15, -0.1) is 0 Å². The van der Waals surface area contributed by atoms with Crippen LogP contribution in [0.5, 0.6) is 0 Å². The average molecular weight is 204 g/mol. The van der Waals surface area contributed by atoms with E-state index in [1.165, 1.54) is 20.8 Å². The second-order valence-electron chi connectivity index (χ2n) is 4.36. The van der Waals surface area contributed by atoms with Crippen LogP contribution in [-0.2, 0) is 4.79 Å². The number of carbonyl (C=O) groups excluding carboxylic acids is 1. The van der Waals surface area contributed by atoms with Crippen LogP contribution in [0, 0.1) is 5.41 Å². The zero-order valence-corrected chi connectivity index (χ0v) is 8.48. The van der Waals surface area contributed by atoms with Gasteiger partial charge in [0, 0.05) is 5.41 Å². The first-order valence-electron chi connectivity index (χ1n) is 4.45. The maximum absolute atomic E-state index is 11.3. The maximum atomic E-state index is 11.3. The number of rotatable bonds is 3. The van der Waals surface area contributed by atoms with Crippen LogP contribution >= 0.6 is 0 Å². The van der Waals surface area contributed by atoms with E-state index in [9.17, 15) is 20.1 Å². The van der Waals surface area contributed by atoms with Gasteiger partial charge < -0.3 is 20.4 Å². The Balaban J connectivity index is 3.11. The molecule has 0 aromatic rings. The molecule has 0 heterocycles. The van der Waals surface area contributed by atoms with E-state index in [2.05, 4.69) is 0 Å². The molecule has 0 radical (unpaired) electrons. The molecule has 0 aliphatic heterocycles. The molecule has 1 rings (SSSR count). The number of aliphatic hydroxyl groups excluding tert-OH is 2. The Bertz CT molecular complexity index is 272. The SMILES string of the molecule is C[C@@H](O)[C@@]1(O)C(C)(C)[C@@]1(O)C(=O)CO. The van der Waals surface area contributed by atoms with Crippen molar-refractivity contribution in [3.05, 3.63) is 0 Å². The van der Waals surface area contributed by atoms with Crippen molar-refractivity contribution in [1.82, 2.24) is 0 Å². The van der Waals surface area contributed by atoms with Gasteiger partial charge in [0.1, 0.15) is 12.2 Å². The van der Waals surface area contributed by atoms with E-state index in [4.69, 9.17) is 5.11 Å². The molecule has 0 bridgehead atoms. The van der Waals surface area contributed by atoms with E-state index in [1.54, 1.807) is 0 Å². The van der Waals surface area contributed by atoms with E-state index >= 15 is 0 Å². The van der Waals surface area contributed by atoms with Gasteiger partial charge in [-0.2, -0.15) is 0 Å². The third-order valence-electron chi connectivity index (χ3n) is 3.50. The van der Waals surface area contributed by atoms with E-state index in [1.807, 2.05) is 0 Å². The summed E-state index contributed by atoms with van der Waals surface area (Å²) in [5.41, 5.74) is -5.07. The van der Waals surface area contributed by atoms with Crippen LogP contribution in [0.4, 0.5) is 0 Å². The predicted molar refractivity (Wildman–Crippen MR) is 47.5 cm³/mol. The van der Waals surface area contributed by atoms with Crippen molar-refractivity contribution in [1.29, 1.82) is 0 Å². The van der Waals surface area contributed by atoms with E-state index in [0.29, 0.717) is 0 Å². The lowest BCUT2D eigenvalue weighted by atomic mass is 10.0. The topological polar surface area (TPSA) is 98.0 Å². The first-order chi connectivity index (χ1) is 6.17. The smallest absolute Gasteiger partial charge is 0.193 e. The van der Waals surface area contributed by atoms with Crippen molar-refractivity contribution in [3.63, 3.8) is 0 Å². The molecule has 5 nitrogen and oxygen atoms in total. The molecule has 0 spiro atoms. The molecule has 1 aliphatic carbocycles. The minimum absolute atomic E-state index is 0.852. The summed E-state index contributed by atoms with van der Waals surface area (Å²) in [6.45, 7) is 3.37. The van der Waals surface area contributed by atoms with Crippen LogP contribution in [0.3, 0.4) is 0 Å². The van der Waals surface area contributed by atoms with Crippen molar-refractivity contribution in [2.24, 2.45) is 5.41 Å². The standard InChI is InChI=1S/C9H16O5/c1-5(11)8(13)7(2,3)9(8,14)6(12)4-10/h5,10-11,13-14H,4H2,1-3H3/t5-,8-,9+/m1/s1. The quantitative estimate of drug-likeness (QED) is 0.445. The summed E-state index contributed by atoms with van der Waals surface area (Å²) in [6.07, 6.45) is -1.24. The highest BCUT2D eigenvalue weighted by molar-refractivity contribution is 5.95. The molecular weight excluding hydrogens is 188 g/mol. The van der Waals surface area contributed by atoms with Gasteiger partial charge in [0.2, 0.25) is 0 Å². The number of aliphatic hydroxyl groups is 4. The average Bonchev–Trinajstić information content (AvgIpc) is 2.46. The molecule has 0 saturated heterocycles. The van der Waals surface area contributed by atoms with Crippen molar-refractivity contribution in [3.8, 4) is 0 Å². The Morgan fingerprint density at radius 1 is 1.36 bits per heavy atom. The van der Waals surface area contributed by atoms with E-state index in [0.717, 1.165) is 0 Å². The molecule has 0 amide bonds. The minimum atomic E-state index is -2.05. The number of hydrogen-bond donors (Lipinski definition) is 4. The molecule has 1 fully saturated rings. The number of carbonyl (C=O) groups is 1. The largest absolute Gasteiger partial charge is 0.390 e. The van der Waals surface area contributed by atoms with Gasteiger partial charge in [-0.1, -0.05) is 13.8 Å². The van der Waals surface area contributed by atoms with Crippen LogP contribution < -0.4 is 0 Å². The molecular formula is C9H16O5. The van der Waals surface area contributed by atoms with Crippen molar-refractivity contribution >= 4 is 5.78 Å². The highest BCUT2D eigenvalue weighted by atomic mass is 16.4. The fourth-order valence-corrected chi connectivity index (χ4v) is 2.36. The zero-order valence-electron chi connectivity index (χ0n) is 8.48. The van der Waals surface area contributed by atoms with E-state index < -0.39 is 35.1 Å². The lowest BCUT2D eigenvalue weighted by Crippen LogP contribution is -2.42.